The Hall–Kier alpha value is -4.39. The first kappa shape index (κ1) is 19.6. The fourth-order valence-electron chi connectivity index (χ4n) is 3.62. The van der Waals surface area contributed by atoms with E-state index in [1.165, 1.54) is 18.5 Å². The minimum atomic E-state index is -0.477. The lowest BCUT2D eigenvalue weighted by molar-refractivity contribution is 0.102. The Morgan fingerprint density at radius 3 is 2.53 bits per heavy atom. The van der Waals surface area contributed by atoms with Crippen molar-refractivity contribution in [3.63, 3.8) is 0 Å². The zero-order valence-electron chi connectivity index (χ0n) is 17.2. The van der Waals surface area contributed by atoms with E-state index in [1.807, 2.05) is 53.2 Å². The highest BCUT2D eigenvalue weighted by Gasteiger charge is 2.16. The number of benzene rings is 3. The molecule has 32 heavy (non-hydrogen) atoms. The van der Waals surface area contributed by atoms with Gasteiger partial charge in [0.1, 0.15) is 5.82 Å². The maximum Gasteiger partial charge on any atom is 0.258 e. The molecule has 0 aliphatic heterocycles. The summed E-state index contributed by atoms with van der Waals surface area (Å²) in [6, 6.07) is 20.2. The highest BCUT2D eigenvalue weighted by atomic mass is 19.1. The van der Waals surface area contributed by atoms with Gasteiger partial charge < -0.3 is 0 Å². The van der Waals surface area contributed by atoms with Gasteiger partial charge in [0.2, 0.25) is 5.95 Å². The van der Waals surface area contributed by atoms with E-state index < -0.39 is 11.7 Å². The lowest BCUT2D eigenvalue weighted by atomic mass is 9.96. The molecule has 0 fully saturated rings. The molecule has 0 aliphatic rings. The van der Waals surface area contributed by atoms with Gasteiger partial charge in [-0.1, -0.05) is 24.3 Å². The van der Waals surface area contributed by atoms with Crippen LogP contribution in [0.4, 0.5) is 10.3 Å². The number of carbonyl (C=O) groups is 1. The number of hydrogen-bond acceptors (Lipinski definition) is 4. The predicted molar refractivity (Wildman–Crippen MR) is 121 cm³/mol. The van der Waals surface area contributed by atoms with Crippen LogP contribution in [0.1, 0.15) is 15.9 Å². The van der Waals surface area contributed by atoms with Crippen molar-refractivity contribution >= 4 is 22.8 Å². The van der Waals surface area contributed by atoms with Crippen LogP contribution in [0.15, 0.2) is 85.3 Å². The van der Waals surface area contributed by atoms with Gasteiger partial charge >= 0.3 is 0 Å². The molecular formula is C25H18FN5O. The summed E-state index contributed by atoms with van der Waals surface area (Å²) in [6.45, 7) is 1.70. The summed E-state index contributed by atoms with van der Waals surface area (Å²) in [4.78, 5) is 20.6. The Morgan fingerprint density at radius 1 is 0.969 bits per heavy atom. The number of fused-ring (bicyclic) bond motifs is 1. The van der Waals surface area contributed by atoms with E-state index in [0.717, 1.165) is 22.2 Å². The summed E-state index contributed by atoms with van der Waals surface area (Å²) < 4.78 is 16.6. The Morgan fingerprint density at radius 2 is 1.75 bits per heavy atom. The Kier molecular flexibility index (Phi) is 4.91. The number of halogens is 1. The van der Waals surface area contributed by atoms with Gasteiger partial charge in [-0.2, -0.15) is 5.10 Å². The van der Waals surface area contributed by atoms with E-state index >= 15 is 0 Å². The Balaban J connectivity index is 1.53. The van der Waals surface area contributed by atoms with Crippen LogP contribution in [0.2, 0.25) is 0 Å². The maximum atomic E-state index is 14.7. The molecule has 5 aromatic rings. The number of nitrogens with one attached hydrogen (secondary N) is 1. The molecule has 7 heteroatoms. The van der Waals surface area contributed by atoms with E-state index in [4.69, 9.17) is 0 Å². The summed E-state index contributed by atoms with van der Waals surface area (Å²) in [6.07, 6.45) is 4.82. The first-order chi connectivity index (χ1) is 15.6. The third kappa shape index (κ3) is 3.60. The quantitative estimate of drug-likeness (QED) is 0.432. The lowest BCUT2D eigenvalue weighted by Gasteiger charge is -2.11. The van der Waals surface area contributed by atoms with Gasteiger partial charge in [-0.25, -0.2) is 19.0 Å². The van der Waals surface area contributed by atoms with Crippen LogP contribution < -0.4 is 5.32 Å². The van der Waals surface area contributed by atoms with Gasteiger partial charge in [0, 0.05) is 23.3 Å². The van der Waals surface area contributed by atoms with E-state index in [1.54, 1.807) is 25.3 Å². The number of nitrogens with zero attached hydrogens (tertiary/aromatic N) is 4. The standard InChI is InChI=1S/C25H18FN5O/c1-16-21(13-18(14-22(16)26)24(32)30-25-27-10-5-11-28-25)17-8-9-23-19(12-17)15-29-31(23)20-6-3-2-4-7-20/h2-15H,1H3,(H,27,28,30,32). The molecule has 2 heterocycles. The maximum absolute atomic E-state index is 14.7. The SMILES string of the molecule is Cc1c(F)cc(C(=O)Nc2ncccn2)cc1-c1ccc2c(cnn2-c2ccccc2)c1. The predicted octanol–water partition coefficient (Wildman–Crippen LogP) is 5.18. The van der Waals surface area contributed by atoms with Gasteiger partial charge in [-0.3, -0.25) is 10.1 Å². The van der Waals surface area contributed by atoms with Crippen LogP contribution in [0, 0.1) is 12.7 Å². The largest absolute Gasteiger partial charge is 0.290 e. The lowest BCUT2D eigenvalue weighted by Crippen LogP contribution is -2.14. The molecule has 0 bridgehead atoms. The molecule has 3 aromatic carbocycles. The normalized spacial score (nSPS) is 10.9. The molecule has 0 aliphatic carbocycles. The van der Waals surface area contributed by atoms with Crippen LogP contribution in [-0.4, -0.2) is 25.7 Å². The number of anilines is 1. The number of carbonyl (C=O) groups excluding carboxylic acids is 1. The summed E-state index contributed by atoms with van der Waals surface area (Å²) >= 11 is 0. The van der Waals surface area contributed by atoms with Crippen LogP contribution in [-0.2, 0) is 0 Å². The highest BCUT2D eigenvalue weighted by molar-refractivity contribution is 6.04. The van der Waals surface area contributed by atoms with Crippen molar-refractivity contribution in [2.45, 2.75) is 6.92 Å². The first-order valence-corrected chi connectivity index (χ1v) is 10.0. The summed E-state index contributed by atoms with van der Waals surface area (Å²) in [5, 5.41) is 8.01. The van der Waals surface area contributed by atoms with Gasteiger partial charge in [-0.05, 0) is 66.1 Å². The monoisotopic (exact) mass is 423 g/mol. The van der Waals surface area contributed by atoms with Crippen LogP contribution in [0.25, 0.3) is 27.7 Å². The number of rotatable bonds is 4. The number of amides is 1. The molecule has 1 amide bonds. The minimum Gasteiger partial charge on any atom is -0.290 e. The van der Waals surface area contributed by atoms with Crippen molar-refractivity contribution in [1.82, 2.24) is 19.7 Å². The van der Waals surface area contributed by atoms with Gasteiger partial charge in [0.05, 0.1) is 17.4 Å². The fraction of sp³-hybridized carbons (Fsp3) is 0.0400. The molecule has 0 saturated heterocycles. The van der Waals surface area contributed by atoms with Crippen LogP contribution >= 0.6 is 0 Å². The molecule has 0 saturated carbocycles. The highest BCUT2D eigenvalue weighted by Crippen LogP contribution is 2.30. The third-order valence-corrected chi connectivity index (χ3v) is 5.28. The summed E-state index contributed by atoms with van der Waals surface area (Å²) in [7, 11) is 0. The topological polar surface area (TPSA) is 72.7 Å². The molecule has 0 spiro atoms. The summed E-state index contributed by atoms with van der Waals surface area (Å²) in [5.41, 5.74) is 3.99. The zero-order chi connectivity index (χ0) is 22.1. The van der Waals surface area contributed by atoms with Gasteiger partial charge in [0.25, 0.3) is 5.91 Å². The van der Waals surface area contributed by atoms with E-state index in [9.17, 15) is 9.18 Å². The number of aromatic nitrogens is 4. The van der Waals surface area contributed by atoms with Crippen LogP contribution in [0.5, 0.6) is 0 Å². The van der Waals surface area contributed by atoms with Crippen molar-refractivity contribution in [1.29, 1.82) is 0 Å². The van der Waals surface area contributed by atoms with E-state index in [2.05, 4.69) is 20.4 Å². The van der Waals surface area contributed by atoms with Crippen molar-refractivity contribution in [2.75, 3.05) is 5.32 Å². The zero-order valence-corrected chi connectivity index (χ0v) is 17.2. The average Bonchev–Trinajstić information content (AvgIpc) is 3.25. The average molecular weight is 423 g/mol. The molecule has 0 unspecified atom stereocenters. The molecule has 2 aromatic heterocycles. The molecule has 156 valence electrons. The van der Waals surface area contributed by atoms with Gasteiger partial charge in [0.15, 0.2) is 0 Å². The van der Waals surface area contributed by atoms with Crippen molar-refractivity contribution in [3.8, 4) is 16.8 Å². The third-order valence-electron chi connectivity index (χ3n) is 5.28. The second-order valence-electron chi connectivity index (χ2n) is 7.32. The molecule has 1 N–H and O–H groups in total. The molecule has 6 nitrogen and oxygen atoms in total. The molecule has 5 rings (SSSR count). The van der Waals surface area contributed by atoms with Crippen molar-refractivity contribution in [2.24, 2.45) is 0 Å². The minimum absolute atomic E-state index is 0.162. The van der Waals surface area contributed by atoms with Crippen molar-refractivity contribution < 1.29 is 9.18 Å². The number of hydrogen-bond donors (Lipinski definition) is 1. The Labute approximate surface area is 183 Å². The Bertz CT molecular complexity index is 1430. The van der Waals surface area contributed by atoms with Crippen molar-refractivity contribution in [3.05, 3.63) is 102 Å². The molecular weight excluding hydrogens is 405 g/mol. The van der Waals surface area contributed by atoms with E-state index in [0.29, 0.717) is 11.1 Å². The first-order valence-electron chi connectivity index (χ1n) is 10.0. The molecule has 0 radical (unpaired) electrons. The second kappa shape index (κ2) is 8.03. The summed E-state index contributed by atoms with van der Waals surface area (Å²) in [5.74, 6) is -0.772. The van der Waals surface area contributed by atoms with Crippen LogP contribution in [0.3, 0.4) is 0 Å². The second-order valence-corrected chi connectivity index (χ2v) is 7.32. The number of para-hydroxylation sites is 1. The fourth-order valence-corrected chi connectivity index (χ4v) is 3.62. The smallest absolute Gasteiger partial charge is 0.258 e. The molecule has 0 atom stereocenters. The van der Waals surface area contributed by atoms with Gasteiger partial charge in [-0.15, -0.1) is 0 Å². The van der Waals surface area contributed by atoms with E-state index in [-0.39, 0.29) is 11.5 Å².